The molecule has 0 saturated carbocycles. The molecule has 1 amide bonds. The predicted molar refractivity (Wildman–Crippen MR) is 144 cm³/mol. The van der Waals surface area contributed by atoms with Gasteiger partial charge in [0.2, 0.25) is 5.91 Å². The predicted octanol–water partition coefficient (Wildman–Crippen LogP) is 4.81. The topological polar surface area (TPSA) is 54.9 Å². The normalized spacial score (nSPS) is 19.6. The number of pyridine rings is 1. The SMILES string of the molecule is COc1ccc2c(c1)/C(=C/CCN1CCC3(CC1)c1ccccc1CC(=O)N3C)c1cccnc1CO2. The van der Waals surface area contributed by atoms with Crippen molar-refractivity contribution < 1.29 is 14.3 Å². The van der Waals surface area contributed by atoms with E-state index in [2.05, 4.69) is 46.3 Å². The minimum atomic E-state index is -0.181. The molecule has 1 saturated heterocycles. The lowest BCUT2D eigenvalue weighted by Gasteiger charge is -2.50. The minimum Gasteiger partial charge on any atom is -0.497 e. The number of nitrogens with zero attached hydrogens (tertiary/aromatic N) is 3. The van der Waals surface area contributed by atoms with E-state index in [-0.39, 0.29) is 11.4 Å². The van der Waals surface area contributed by atoms with Crippen LogP contribution < -0.4 is 9.47 Å². The number of amides is 1. The largest absolute Gasteiger partial charge is 0.497 e. The van der Waals surface area contributed by atoms with E-state index in [1.807, 2.05) is 42.4 Å². The molecule has 2 aromatic carbocycles. The highest BCUT2D eigenvalue weighted by molar-refractivity contribution is 5.85. The smallest absolute Gasteiger partial charge is 0.227 e. The molecule has 6 heteroatoms. The third kappa shape index (κ3) is 4.19. The minimum absolute atomic E-state index is 0.181. The summed E-state index contributed by atoms with van der Waals surface area (Å²) in [5, 5.41) is 0. The third-order valence-electron chi connectivity index (χ3n) is 8.38. The van der Waals surface area contributed by atoms with Crippen molar-refractivity contribution in [1.82, 2.24) is 14.8 Å². The van der Waals surface area contributed by atoms with Crippen molar-refractivity contribution in [3.63, 3.8) is 0 Å². The van der Waals surface area contributed by atoms with Crippen molar-refractivity contribution in [3.8, 4) is 11.5 Å². The lowest BCUT2D eigenvalue weighted by atomic mass is 9.74. The molecule has 0 unspecified atom stereocenters. The van der Waals surface area contributed by atoms with Gasteiger partial charge in [-0.05, 0) is 60.2 Å². The summed E-state index contributed by atoms with van der Waals surface area (Å²) in [6, 6.07) is 18.6. The number of hydrogen-bond acceptors (Lipinski definition) is 5. The van der Waals surface area contributed by atoms with E-state index >= 15 is 0 Å². The Kier molecular flexibility index (Phi) is 6.21. The number of carbonyl (C=O) groups excluding carboxylic acids is 1. The Morgan fingerprint density at radius 3 is 2.76 bits per heavy atom. The Morgan fingerprint density at radius 2 is 1.92 bits per heavy atom. The number of fused-ring (bicyclic) bond motifs is 4. The van der Waals surface area contributed by atoms with E-state index in [9.17, 15) is 4.79 Å². The van der Waals surface area contributed by atoms with Crippen molar-refractivity contribution in [2.45, 2.75) is 37.8 Å². The summed E-state index contributed by atoms with van der Waals surface area (Å²) in [6.45, 7) is 3.37. The third-order valence-corrected chi connectivity index (χ3v) is 8.38. The molecule has 4 heterocycles. The lowest BCUT2D eigenvalue weighted by Crippen LogP contribution is -2.56. The van der Waals surface area contributed by atoms with Crippen LogP contribution in [-0.2, 0) is 23.4 Å². The molecule has 0 bridgehead atoms. The number of piperidine rings is 1. The van der Waals surface area contributed by atoms with Crippen LogP contribution in [-0.4, -0.2) is 54.5 Å². The number of carbonyl (C=O) groups is 1. The molecule has 0 radical (unpaired) electrons. The van der Waals surface area contributed by atoms with Crippen LogP contribution in [0.3, 0.4) is 0 Å². The fraction of sp³-hybridized carbons (Fsp3) is 0.355. The van der Waals surface area contributed by atoms with Gasteiger partial charge in [-0.15, -0.1) is 0 Å². The number of benzene rings is 2. The summed E-state index contributed by atoms with van der Waals surface area (Å²) in [5.74, 6) is 1.90. The van der Waals surface area contributed by atoms with E-state index < -0.39 is 0 Å². The van der Waals surface area contributed by atoms with Crippen molar-refractivity contribution in [2.24, 2.45) is 0 Å². The Balaban J connectivity index is 1.21. The molecular formula is C31H33N3O3. The first-order chi connectivity index (χ1) is 18.1. The van der Waals surface area contributed by atoms with Crippen LogP contribution in [0.2, 0.25) is 0 Å². The molecule has 1 aromatic heterocycles. The fourth-order valence-corrected chi connectivity index (χ4v) is 6.25. The summed E-state index contributed by atoms with van der Waals surface area (Å²) in [7, 11) is 3.68. The molecule has 6 nitrogen and oxygen atoms in total. The Labute approximate surface area is 218 Å². The number of hydrogen-bond donors (Lipinski definition) is 0. The molecule has 190 valence electrons. The number of aromatic nitrogens is 1. The zero-order valence-corrected chi connectivity index (χ0v) is 21.6. The van der Waals surface area contributed by atoms with Crippen LogP contribution >= 0.6 is 0 Å². The van der Waals surface area contributed by atoms with Crippen molar-refractivity contribution in [2.75, 3.05) is 33.8 Å². The quantitative estimate of drug-likeness (QED) is 0.520. The second-order valence-electron chi connectivity index (χ2n) is 10.2. The van der Waals surface area contributed by atoms with Gasteiger partial charge in [-0.3, -0.25) is 9.78 Å². The maximum atomic E-state index is 12.8. The molecule has 3 aliphatic heterocycles. The Hall–Kier alpha value is -3.64. The highest BCUT2D eigenvalue weighted by atomic mass is 16.5. The van der Waals surface area contributed by atoms with Crippen molar-refractivity contribution >= 4 is 11.5 Å². The van der Waals surface area contributed by atoms with E-state index in [4.69, 9.17) is 9.47 Å². The first-order valence-electron chi connectivity index (χ1n) is 13.1. The van der Waals surface area contributed by atoms with Gasteiger partial charge in [0.1, 0.15) is 18.1 Å². The molecule has 6 rings (SSSR count). The summed E-state index contributed by atoms with van der Waals surface area (Å²) < 4.78 is 11.6. The van der Waals surface area contributed by atoms with Gasteiger partial charge in [-0.25, -0.2) is 0 Å². The van der Waals surface area contributed by atoms with Gasteiger partial charge < -0.3 is 19.3 Å². The monoisotopic (exact) mass is 495 g/mol. The fourth-order valence-electron chi connectivity index (χ4n) is 6.25. The van der Waals surface area contributed by atoms with E-state index in [1.165, 1.54) is 11.1 Å². The number of methoxy groups -OCH3 is 1. The molecule has 3 aromatic rings. The highest BCUT2D eigenvalue weighted by Gasteiger charge is 2.45. The van der Waals surface area contributed by atoms with E-state index in [0.29, 0.717) is 13.0 Å². The van der Waals surface area contributed by atoms with Gasteiger partial charge in [0.25, 0.3) is 0 Å². The molecule has 0 atom stereocenters. The van der Waals surface area contributed by atoms with Gasteiger partial charge >= 0.3 is 0 Å². The number of ether oxygens (including phenoxy) is 2. The van der Waals surface area contributed by atoms with Gasteiger partial charge in [0, 0.05) is 44.0 Å². The van der Waals surface area contributed by atoms with Gasteiger partial charge in [0.05, 0.1) is 24.8 Å². The van der Waals surface area contributed by atoms with Crippen molar-refractivity contribution in [3.05, 3.63) is 94.8 Å². The van der Waals surface area contributed by atoms with Crippen LogP contribution in [0.4, 0.5) is 0 Å². The first kappa shape index (κ1) is 23.7. The molecular weight excluding hydrogens is 462 g/mol. The summed E-state index contributed by atoms with van der Waals surface area (Å²) in [5.41, 5.74) is 6.61. The summed E-state index contributed by atoms with van der Waals surface area (Å²) >= 11 is 0. The zero-order chi connectivity index (χ0) is 25.4. The Bertz CT molecular complexity index is 1360. The van der Waals surface area contributed by atoms with Gasteiger partial charge in [-0.2, -0.15) is 0 Å². The number of likely N-dealkylation sites (N-methyl/N-ethyl adjacent to an activating group) is 1. The second-order valence-corrected chi connectivity index (χ2v) is 10.2. The zero-order valence-electron chi connectivity index (χ0n) is 21.6. The molecule has 1 fully saturated rings. The van der Waals surface area contributed by atoms with E-state index in [1.54, 1.807) is 7.11 Å². The molecule has 37 heavy (non-hydrogen) atoms. The standard InChI is InChI=1S/C31H33N3O3/c1-33-30(35)19-22-7-3-4-10-27(22)31(33)13-17-34(18-14-31)16-6-9-24-25-8-5-15-32-28(25)21-37-29-12-11-23(36-2)20-26(24)29/h3-5,7-12,15,20H,6,13-14,16-19,21H2,1-2H3/b24-9+. The van der Waals surface area contributed by atoms with Crippen LogP contribution in [0.15, 0.2) is 66.9 Å². The maximum absolute atomic E-state index is 12.8. The molecule has 1 spiro atoms. The number of likely N-dealkylation sites (tertiary alicyclic amines) is 1. The Morgan fingerprint density at radius 1 is 1.08 bits per heavy atom. The summed E-state index contributed by atoms with van der Waals surface area (Å²) in [4.78, 5) is 22.0. The van der Waals surface area contributed by atoms with Gasteiger partial charge in [-0.1, -0.05) is 36.4 Å². The molecule has 3 aliphatic rings. The summed E-state index contributed by atoms with van der Waals surface area (Å²) in [6.07, 6.45) is 7.50. The van der Waals surface area contributed by atoms with Crippen molar-refractivity contribution in [1.29, 1.82) is 0 Å². The number of rotatable bonds is 4. The van der Waals surface area contributed by atoms with Crippen LogP contribution in [0.5, 0.6) is 11.5 Å². The first-order valence-corrected chi connectivity index (χ1v) is 13.1. The van der Waals surface area contributed by atoms with Crippen LogP contribution in [0, 0.1) is 0 Å². The maximum Gasteiger partial charge on any atom is 0.227 e. The molecule has 0 aliphatic carbocycles. The van der Waals surface area contributed by atoms with Crippen LogP contribution in [0.1, 0.15) is 47.2 Å². The average Bonchev–Trinajstić information content (AvgIpc) is 3.09. The second kappa shape index (κ2) is 9.67. The lowest BCUT2D eigenvalue weighted by molar-refractivity contribution is -0.139. The van der Waals surface area contributed by atoms with Gasteiger partial charge in [0.15, 0.2) is 0 Å². The molecule has 0 N–H and O–H groups in total. The van der Waals surface area contributed by atoms with E-state index in [0.717, 1.165) is 72.8 Å². The highest BCUT2D eigenvalue weighted by Crippen LogP contribution is 2.43. The van der Waals surface area contributed by atoms with Crippen LogP contribution in [0.25, 0.3) is 5.57 Å². The average molecular weight is 496 g/mol.